The van der Waals surface area contributed by atoms with Gasteiger partial charge in [-0.15, -0.1) is 0 Å². The van der Waals surface area contributed by atoms with E-state index in [9.17, 15) is 9.59 Å². The van der Waals surface area contributed by atoms with E-state index in [1.807, 2.05) is 36.4 Å². The number of hydrogen-bond donors (Lipinski definition) is 1. The molecule has 1 N–H and O–H groups in total. The molecule has 1 aromatic heterocycles. The van der Waals surface area contributed by atoms with Crippen LogP contribution in [0.1, 0.15) is 19.3 Å². The van der Waals surface area contributed by atoms with E-state index in [0.717, 1.165) is 24.5 Å². The number of benzene rings is 2. The molecule has 6 nitrogen and oxygen atoms in total. The zero-order chi connectivity index (χ0) is 18.6. The van der Waals surface area contributed by atoms with Gasteiger partial charge in [0, 0.05) is 18.5 Å². The fraction of sp³-hybridized carbons (Fsp3) is 0.286. The highest BCUT2D eigenvalue weighted by Crippen LogP contribution is 2.28. The van der Waals surface area contributed by atoms with Crippen molar-refractivity contribution in [2.24, 2.45) is 0 Å². The van der Waals surface area contributed by atoms with Gasteiger partial charge in [-0.25, -0.2) is 0 Å². The molecule has 1 aliphatic heterocycles. The molecule has 4 rings (SSSR count). The van der Waals surface area contributed by atoms with Gasteiger partial charge in [0.25, 0.3) is 0 Å². The van der Waals surface area contributed by atoms with Crippen molar-refractivity contribution < 1.29 is 4.79 Å². The monoisotopic (exact) mass is 362 g/mol. The van der Waals surface area contributed by atoms with Crippen molar-refractivity contribution in [1.29, 1.82) is 0 Å². The number of rotatable bonds is 4. The minimum Gasteiger partial charge on any atom is -0.370 e. The number of nitrogens with zero attached hydrogens (tertiary/aromatic N) is 3. The highest BCUT2D eigenvalue weighted by molar-refractivity contribution is 5.95. The summed E-state index contributed by atoms with van der Waals surface area (Å²) in [6.45, 7) is 2.08. The third-order valence-corrected chi connectivity index (χ3v) is 4.93. The van der Waals surface area contributed by atoms with Gasteiger partial charge in [-0.2, -0.15) is 5.10 Å². The Morgan fingerprint density at radius 2 is 1.74 bits per heavy atom. The number of fused-ring (bicyclic) bond motifs is 1. The highest BCUT2D eigenvalue weighted by Gasteiger charge is 2.16. The van der Waals surface area contributed by atoms with Crippen molar-refractivity contribution >= 4 is 28.2 Å². The van der Waals surface area contributed by atoms with E-state index in [0.29, 0.717) is 10.9 Å². The predicted octanol–water partition coefficient (Wildman–Crippen LogP) is 3.03. The fourth-order valence-electron chi connectivity index (χ4n) is 3.60. The van der Waals surface area contributed by atoms with Gasteiger partial charge in [0.15, 0.2) is 0 Å². The van der Waals surface area contributed by atoms with Crippen LogP contribution in [-0.2, 0) is 11.3 Å². The van der Waals surface area contributed by atoms with Crippen molar-refractivity contribution in [2.75, 3.05) is 23.3 Å². The Hall–Kier alpha value is -3.15. The van der Waals surface area contributed by atoms with E-state index in [-0.39, 0.29) is 17.9 Å². The summed E-state index contributed by atoms with van der Waals surface area (Å²) < 4.78 is 1.57. The molecule has 1 saturated heterocycles. The lowest BCUT2D eigenvalue weighted by atomic mass is 10.1. The summed E-state index contributed by atoms with van der Waals surface area (Å²) in [5, 5.41) is 7.71. The summed E-state index contributed by atoms with van der Waals surface area (Å²) in [6, 6.07) is 15.1. The number of nitrogens with one attached hydrogen (secondary N) is 1. The van der Waals surface area contributed by atoms with E-state index in [2.05, 4.69) is 15.3 Å². The minimum absolute atomic E-state index is 0.0507. The van der Waals surface area contributed by atoms with Gasteiger partial charge in [-0.05, 0) is 43.5 Å². The number of para-hydroxylation sites is 3. The van der Waals surface area contributed by atoms with Crippen molar-refractivity contribution in [3.63, 3.8) is 0 Å². The van der Waals surface area contributed by atoms with Crippen LogP contribution in [0.4, 0.5) is 11.4 Å². The summed E-state index contributed by atoms with van der Waals surface area (Å²) in [6.07, 6.45) is 4.87. The summed E-state index contributed by atoms with van der Waals surface area (Å²) in [5.74, 6) is -0.166. The lowest BCUT2D eigenvalue weighted by Gasteiger charge is -2.30. The largest absolute Gasteiger partial charge is 0.370 e. The molecule has 0 saturated carbocycles. The molecule has 1 fully saturated rings. The third kappa shape index (κ3) is 3.69. The van der Waals surface area contributed by atoms with E-state index in [1.54, 1.807) is 16.8 Å². The topological polar surface area (TPSA) is 67.2 Å². The Kier molecular flexibility index (Phi) is 4.87. The van der Waals surface area contributed by atoms with Gasteiger partial charge in [0.05, 0.1) is 23.1 Å². The number of aromatic nitrogens is 2. The van der Waals surface area contributed by atoms with Crippen LogP contribution in [-0.4, -0.2) is 28.8 Å². The average molecular weight is 362 g/mol. The molecular formula is C21H22N4O2. The summed E-state index contributed by atoms with van der Waals surface area (Å²) in [5.41, 5.74) is 2.39. The van der Waals surface area contributed by atoms with Crippen LogP contribution in [0.15, 0.2) is 59.5 Å². The van der Waals surface area contributed by atoms with Gasteiger partial charge < -0.3 is 10.2 Å². The molecular weight excluding hydrogens is 340 g/mol. The molecule has 2 heterocycles. The maximum atomic E-state index is 12.7. The smallest absolute Gasteiger partial charge is 0.246 e. The third-order valence-electron chi connectivity index (χ3n) is 4.93. The molecule has 0 bridgehead atoms. The lowest BCUT2D eigenvalue weighted by Crippen LogP contribution is -2.31. The summed E-state index contributed by atoms with van der Waals surface area (Å²) >= 11 is 0. The molecule has 1 amide bonds. The van der Waals surface area contributed by atoms with Crippen LogP contribution in [0.3, 0.4) is 0 Å². The van der Waals surface area contributed by atoms with Crippen LogP contribution in [0.25, 0.3) is 10.9 Å². The van der Waals surface area contributed by atoms with E-state index < -0.39 is 0 Å². The maximum absolute atomic E-state index is 12.7. The van der Waals surface area contributed by atoms with Crippen LogP contribution < -0.4 is 15.6 Å². The van der Waals surface area contributed by atoms with Crippen molar-refractivity contribution in [3.8, 4) is 0 Å². The van der Waals surface area contributed by atoms with Gasteiger partial charge in [-0.3, -0.25) is 14.3 Å². The predicted molar refractivity (Wildman–Crippen MR) is 107 cm³/mol. The van der Waals surface area contributed by atoms with Gasteiger partial charge in [0.1, 0.15) is 6.54 Å². The van der Waals surface area contributed by atoms with Gasteiger partial charge >= 0.3 is 0 Å². The molecule has 6 heteroatoms. The minimum atomic E-state index is -0.166. The van der Waals surface area contributed by atoms with E-state index in [1.165, 1.54) is 25.5 Å². The molecule has 2 aromatic carbocycles. The normalized spacial score (nSPS) is 14.3. The number of anilines is 2. The van der Waals surface area contributed by atoms with E-state index >= 15 is 0 Å². The van der Waals surface area contributed by atoms with Crippen LogP contribution in [0.5, 0.6) is 0 Å². The standard InChI is InChI=1S/C21H22N4O2/c26-20-14-22-25(18-10-4-2-8-16(18)20)15-21(27)23-17-9-3-5-11-19(17)24-12-6-1-7-13-24/h2-5,8-11,14H,1,6-7,12-13,15H2,(H,23,27). The molecule has 138 valence electrons. The number of amides is 1. The molecule has 3 aromatic rings. The number of piperidine rings is 1. The number of carbonyl (C=O) groups excluding carboxylic acids is 1. The second-order valence-corrected chi connectivity index (χ2v) is 6.80. The Balaban J connectivity index is 1.56. The summed E-state index contributed by atoms with van der Waals surface area (Å²) in [4.78, 5) is 26.9. The van der Waals surface area contributed by atoms with E-state index in [4.69, 9.17) is 0 Å². The van der Waals surface area contributed by atoms with Crippen molar-refractivity contribution in [3.05, 3.63) is 65.0 Å². The number of carbonyl (C=O) groups is 1. The summed E-state index contributed by atoms with van der Waals surface area (Å²) in [7, 11) is 0. The van der Waals surface area contributed by atoms with Crippen LogP contribution >= 0.6 is 0 Å². The average Bonchev–Trinajstić information content (AvgIpc) is 2.71. The van der Waals surface area contributed by atoms with Crippen LogP contribution in [0, 0.1) is 0 Å². The zero-order valence-corrected chi connectivity index (χ0v) is 15.1. The Labute approximate surface area is 157 Å². The van der Waals surface area contributed by atoms with Crippen molar-refractivity contribution in [1.82, 2.24) is 9.78 Å². The second-order valence-electron chi connectivity index (χ2n) is 6.80. The Morgan fingerprint density at radius 3 is 2.59 bits per heavy atom. The van der Waals surface area contributed by atoms with Crippen molar-refractivity contribution in [2.45, 2.75) is 25.8 Å². The lowest BCUT2D eigenvalue weighted by molar-refractivity contribution is -0.116. The first-order valence-corrected chi connectivity index (χ1v) is 9.31. The second kappa shape index (κ2) is 7.61. The van der Waals surface area contributed by atoms with Gasteiger partial charge in [-0.1, -0.05) is 24.3 Å². The Bertz CT molecular complexity index is 1020. The zero-order valence-electron chi connectivity index (χ0n) is 15.1. The molecule has 0 spiro atoms. The van der Waals surface area contributed by atoms with Gasteiger partial charge in [0.2, 0.25) is 11.3 Å². The highest BCUT2D eigenvalue weighted by atomic mass is 16.2. The molecule has 0 aliphatic carbocycles. The first kappa shape index (κ1) is 17.3. The Morgan fingerprint density at radius 1 is 1.00 bits per heavy atom. The fourth-order valence-corrected chi connectivity index (χ4v) is 3.60. The quantitative estimate of drug-likeness (QED) is 0.775. The molecule has 27 heavy (non-hydrogen) atoms. The maximum Gasteiger partial charge on any atom is 0.246 e. The molecule has 0 unspecified atom stereocenters. The molecule has 1 aliphatic rings. The molecule has 0 atom stereocenters. The first-order chi connectivity index (χ1) is 13.2. The van der Waals surface area contributed by atoms with Crippen LogP contribution in [0.2, 0.25) is 0 Å². The SMILES string of the molecule is O=C(Cn1ncc(=O)c2ccccc21)Nc1ccccc1N1CCCCC1. The first-order valence-electron chi connectivity index (χ1n) is 9.31. The molecule has 0 radical (unpaired) electrons. The number of hydrogen-bond acceptors (Lipinski definition) is 4.